The third-order valence-corrected chi connectivity index (χ3v) is 3.70. The van der Waals surface area contributed by atoms with Crippen LogP contribution < -0.4 is 9.47 Å². The van der Waals surface area contributed by atoms with E-state index in [0.29, 0.717) is 17.2 Å². The monoisotopic (exact) mass is 263 g/mol. The summed E-state index contributed by atoms with van der Waals surface area (Å²) in [6, 6.07) is 5.43. The van der Waals surface area contributed by atoms with Gasteiger partial charge in [0.05, 0.1) is 6.10 Å². The predicted octanol–water partition coefficient (Wildman–Crippen LogP) is 1.94. The first-order chi connectivity index (χ1) is 9.28. The number of ether oxygens (including phenoxy) is 2. The van der Waals surface area contributed by atoms with Crippen LogP contribution in [0.1, 0.15) is 31.2 Å². The van der Waals surface area contributed by atoms with Crippen LogP contribution in [-0.2, 0) is 0 Å². The third kappa shape index (κ3) is 2.38. The van der Waals surface area contributed by atoms with Gasteiger partial charge in [0.25, 0.3) is 0 Å². The lowest BCUT2D eigenvalue weighted by Crippen LogP contribution is -2.34. The van der Waals surface area contributed by atoms with Crippen molar-refractivity contribution in [2.45, 2.75) is 37.9 Å². The topological polar surface area (TPSA) is 71.3 Å². The largest absolute Gasteiger partial charge is 0.488 e. The smallest absolute Gasteiger partial charge is 0.134 e. The Morgan fingerprint density at radius 3 is 2.89 bits per heavy atom. The zero-order valence-corrected chi connectivity index (χ0v) is 10.6. The van der Waals surface area contributed by atoms with Crippen LogP contribution in [0.4, 0.5) is 0 Å². The van der Waals surface area contributed by atoms with Gasteiger partial charge in [0.1, 0.15) is 29.9 Å². The quantitative estimate of drug-likeness (QED) is 0.632. The second-order valence-corrected chi connectivity index (χ2v) is 5.00. The number of oxime groups is 1. The summed E-state index contributed by atoms with van der Waals surface area (Å²) in [5.74, 6) is 1.35. The number of hydrogen-bond acceptors (Lipinski definition) is 5. The SMILES string of the molecule is ON=C1COc2cc(OC3CCCCC3O)ccc21. The van der Waals surface area contributed by atoms with Gasteiger partial charge in [0, 0.05) is 11.6 Å². The normalized spacial score (nSPS) is 27.9. The van der Waals surface area contributed by atoms with Crippen LogP contribution in [0.3, 0.4) is 0 Å². The minimum atomic E-state index is -0.391. The van der Waals surface area contributed by atoms with Gasteiger partial charge in [-0.05, 0) is 31.4 Å². The van der Waals surface area contributed by atoms with E-state index in [1.54, 1.807) is 6.07 Å². The molecular weight excluding hydrogens is 246 g/mol. The molecule has 1 saturated carbocycles. The molecule has 5 heteroatoms. The van der Waals surface area contributed by atoms with Crippen LogP contribution in [-0.4, -0.2) is 34.8 Å². The van der Waals surface area contributed by atoms with E-state index in [1.165, 1.54) is 0 Å². The fourth-order valence-corrected chi connectivity index (χ4v) is 2.63. The van der Waals surface area contributed by atoms with Gasteiger partial charge in [0.15, 0.2) is 0 Å². The molecule has 102 valence electrons. The summed E-state index contributed by atoms with van der Waals surface area (Å²) in [4.78, 5) is 0. The Morgan fingerprint density at radius 1 is 1.26 bits per heavy atom. The molecule has 2 aliphatic rings. The fourth-order valence-electron chi connectivity index (χ4n) is 2.63. The van der Waals surface area contributed by atoms with E-state index < -0.39 is 6.10 Å². The number of nitrogens with zero attached hydrogens (tertiary/aromatic N) is 1. The number of aliphatic hydroxyl groups is 1. The second-order valence-electron chi connectivity index (χ2n) is 5.00. The second kappa shape index (κ2) is 5.09. The molecule has 2 N–H and O–H groups in total. The van der Waals surface area contributed by atoms with Crippen LogP contribution in [0.5, 0.6) is 11.5 Å². The summed E-state index contributed by atoms with van der Waals surface area (Å²) in [6.45, 7) is 0.279. The minimum absolute atomic E-state index is 0.140. The lowest BCUT2D eigenvalue weighted by Gasteiger charge is -2.28. The fraction of sp³-hybridized carbons (Fsp3) is 0.500. The Hall–Kier alpha value is -1.75. The van der Waals surface area contributed by atoms with Crippen molar-refractivity contribution in [1.82, 2.24) is 0 Å². The van der Waals surface area contributed by atoms with Gasteiger partial charge >= 0.3 is 0 Å². The van der Waals surface area contributed by atoms with Gasteiger partial charge in [-0.25, -0.2) is 0 Å². The van der Waals surface area contributed by atoms with E-state index in [1.807, 2.05) is 12.1 Å². The van der Waals surface area contributed by atoms with Gasteiger partial charge < -0.3 is 19.8 Å². The van der Waals surface area contributed by atoms with Gasteiger partial charge in [0.2, 0.25) is 0 Å². The van der Waals surface area contributed by atoms with Crippen molar-refractivity contribution in [2.24, 2.45) is 5.16 Å². The number of fused-ring (bicyclic) bond motifs is 1. The molecule has 0 saturated heterocycles. The Kier molecular flexibility index (Phi) is 3.29. The Labute approximate surface area is 111 Å². The number of hydrogen-bond donors (Lipinski definition) is 2. The van der Waals surface area contributed by atoms with Crippen LogP contribution in [0.15, 0.2) is 23.4 Å². The van der Waals surface area contributed by atoms with Crippen molar-refractivity contribution >= 4 is 5.71 Å². The molecule has 19 heavy (non-hydrogen) atoms. The van der Waals surface area contributed by atoms with Crippen molar-refractivity contribution in [2.75, 3.05) is 6.61 Å². The van der Waals surface area contributed by atoms with Gasteiger partial charge in [-0.3, -0.25) is 0 Å². The average Bonchev–Trinajstić information content (AvgIpc) is 2.83. The number of aliphatic hydroxyl groups excluding tert-OH is 1. The molecule has 2 unspecified atom stereocenters. The Morgan fingerprint density at radius 2 is 2.11 bits per heavy atom. The van der Waals surface area contributed by atoms with E-state index in [4.69, 9.17) is 14.7 Å². The summed E-state index contributed by atoms with van der Waals surface area (Å²) in [6.07, 6.45) is 3.29. The lowest BCUT2D eigenvalue weighted by atomic mass is 9.95. The molecule has 2 atom stereocenters. The highest BCUT2D eigenvalue weighted by Gasteiger charge is 2.26. The third-order valence-electron chi connectivity index (χ3n) is 3.70. The van der Waals surface area contributed by atoms with E-state index in [9.17, 15) is 5.11 Å². The molecule has 1 aromatic carbocycles. The Balaban J connectivity index is 1.76. The first-order valence-corrected chi connectivity index (χ1v) is 6.61. The van der Waals surface area contributed by atoms with E-state index in [2.05, 4.69) is 5.16 Å². The lowest BCUT2D eigenvalue weighted by molar-refractivity contribution is 0.00679. The standard InChI is InChI=1S/C14H17NO4/c16-12-3-1-2-4-13(12)19-9-5-6-10-11(15-17)8-18-14(10)7-9/h5-7,12-13,16-17H,1-4,8H2. The van der Waals surface area contributed by atoms with Crippen molar-refractivity contribution in [3.05, 3.63) is 23.8 Å². The molecule has 1 aromatic rings. The van der Waals surface area contributed by atoms with Crippen LogP contribution >= 0.6 is 0 Å². The van der Waals surface area contributed by atoms with Crippen LogP contribution in [0.2, 0.25) is 0 Å². The molecule has 1 aliphatic heterocycles. The summed E-state index contributed by atoms with van der Waals surface area (Å²) >= 11 is 0. The summed E-state index contributed by atoms with van der Waals surface area (Å²) in [5.41, 5.74) is 1.32. The molecule has 0 radical (unpaired) electrons. The zero-order chi connectivity index (χ0) is 13.2. The molecule has 0 bridgehead atoms. The number of benzene rings is 1. The first kappa shape index (κ1) is 12.3. The van der Waals surface area contributed by atoms with E-state index in [0.717, 1.165) is 31.2 Å². The summed E-state index contributed by atoms with van der Waals surface area (Å²) in [7, 11) is 0. The van der Waals surface area contributed by atoms with Crippen molar-refractivity contribution in [3.63, 3.8) is 0 Å². The van der Waals surface area contributed by atoms with Gasteiger partial charge in [-0.1, -0.05) is 11.6 Å². The highest BCUT2D eigenvalue weighted by atomic mass is 16.5. The van der Waals surface area contributed by atoms with Crippen LogP contribution in [0.25, 0.3) is 0 Å². The number of rotatable bonds is 2. The molecule has 5 nitrogen and oxygen atoms in total. The zero-order valence-electron chi connectivity index (χ0n) is 10.6. The molecule has 0 amide bonds. The van der Waals surface area contributed by atoms with Crippen LogP contribution in [0, 0.1) is 0 Å². The van der Waals surface area contributed by atoms with E-state index in [-0.39, 0.29) is 12.7 Å². The van der Waals surface area contributed by atoms with Crippen molar-refractivity contribution in [3.8, 4) is 11.5 Å². The maximum Gasteiger partial charge on any atom is 0.134 e. The maximum absolute atomic E-state index is 9.90. The van der Waals surface area contributed by atoms with Gasteiger partial charge in [-0.2, -0.15) is 0 Å². The average molecular weight is 263 g/mol. The van der Waals surface area contributed by atoms with Gasteiger partial charge in [-0.15, -0.1) is 0 Å². The predicted molar refractivity (Wildman–Crippen MR) is 69.2 cm³/mol. The highest BCUT2D eigenvalue weighted by Crippen LogP contribution is 2.32. The molecule has 1 aliphatic carbocycles. The molecule has 0 spiro atoms. The first-order valence-electron chi connectivity index (χ1n) is 6.61. The minimum Gasteiger partial charge on any atom is -0.488 e. The summed E-state index contributed by atoms with van der Waals surface area (Å²) in [5, 5.41) is 21.9. The van der Waals surface area contributed by atoms with Crippen molar-refractivity contribution in [1.29, 1.82) is 0 Å². The van der Waals surface area contributed by atoms with Crippen molar-refractivity contribution < 1.29 is 19.8 Å². The highest BCUT2D eigenvalue weighted by molar-refractivity contribution is 6.05. The molecule has 1 heterocycles. The molecular formula is C14H17NO4. The molecule has 0 aromatic heterocycles. The van der Waals surface area contributed by atoms with E-state index >= 15 is 0 Å². The maximum atomic E-state index is 9.90. The Bertz CT molecular complexity index is 500. The molecule has 3 rings (SSSR count). The molecule has 1 fully saturated rings. The summed E-state index contributed by atoms with van der Waals surface area (Å²) < 4.78 is 11.3.